The molecule has 1 saturated heterocycles. The van der Waals surface area contributed by atoms with Gasteiger partial charge < -0.3 is 14.7 Å². The summed E-state index contributed by atoms with van der Waals surface area (Å²) in [5, 5.41) is 9.67. The summed E-state index contributed by atoms with van der Waals surface area (Å²) in [6, 6.07) is 8.98. The summed E-state index contributed by atoms with van der Waals surface area (Å²) in [5.41, 5.74) is 1.36. The van der Waals surface area contributed by atoms with E-state index in [1.165, 1.54) is 18.4 Å². The van der Waals surface area contributed by atoms with Crippen LogP contribution in [0.1, 0.15) is 37.2 Å². The molecule has 1 aromatic heterocycles. The van der Waals surface area contributed by atoms with Gasteiger partial charge in [0.25, 0.3) is 0 Å². The number of hydrogen-bond donors (Lipinski definition) is 2. The van der Waals surface area contributed by atoms with E-state index in [9.17, 15) is 27.9 Å². The molecule has 0 radical (unpaired) electrons. The Hall–Kier alpha value is -3.25. The normalized spacial score (nSPS) is 15.1. The average molecular weight is 521 g/mol. The van der Waals surface area contributed by atoms with Gasteiger partial charge in [-0.25, -0.2) is 22.8 Å². The minimum Gasteiger partial charge on any atom is -0.480 e. The number of benzene rings is 1. The molecule has 2 aromatic rings. The molecule has 1 fully saturated rings. The van der Waals surface area contributed by atoms with Crippen molar-refractivity contribution in [3.8, 4) is 0 Å². The Morgan fingerprint density at radius 2 is 1.78 bits per heavy atom. The largest absolute Gasteiger partial charge is 0.480 e. The van der Waals surface area contributed by atoms with E-state index in [0.717, 1.165) is 5.56 Å². The summed E-state index contributed by atoms with van der Waals surface area (Å²) in [7, 11) is -4.01. The smallest absolute Gasteiger partial charge is 0.331 e. The van der Waals surface area contributed by atoms with Crippen molar-refractivity contribution in [2.45, 2.75) is 50.5 Å². The lowest BCUT2D eigenvalue weighted by molar-refractivity contribution is -0.136. The number of aromatic nitrogens is 2. The first-order valence-corrected chi connectivity index (χ1v) is 13.4. The molecule has 2 N–H and O–H groups in total. The highest BCUT2D eigenvalue weighted by molar-refractivity contribution is 7.93. The van der Waals surface area contributed by atoms with E-state index >= 15 is 0 Å². The highest BCUT2D eigenvalue weighted by atomic mass is 32.2. The number of nitrogens with one attached hydrogen (secondary N) is 1. The second-order valence-electron chi connectivity index (χ2n) is 8.89. The summed E-state index contributed by atoms with van der Waals surface area (Å²) in [5.74, 6) is -1.94. The average Bonchev–Trinajstić information content (AvgIpc) is 3.15. The number of nitrogens with zero attached hydrogens (tertiary/aromatic N) is 3. The Labute approximate surface area is 210 Å². The van der Waals surface area contributed by atoms with Crippen LogP contribution in [0.25, 0.3) is 0 Å². The van der Waals surface area contributed by atoms with Crippen LogP contribution in [0.2, 0.25) is 0 Å². The molecular weight excluding hydrogens is 488 g/mol. The van der Waals surface area contributed by atoms with E-state index in [2.05, 4.69) is 10.3 Å². The number of sulfone groups is 1. The monoisotopic (exact) mass is 520 g/mol. The van der Waals surface area contributed by atoms with Gasteiger partial charge in [-0.05, 0) is 32.8 Å². The van der Waals surface area contributed by atoms with E-state index in [4.69, 9.17) is 4.74 Å². The number of imidazole rings is 1. The number of anilines is 1. The number of rotatable bonds is 9. The van der Waals surface area contributed by atoms with Crippen molar-refractivity contribution in [1.29, 1.82) is 0 Å². The first-order chi connectivity index (χ1) is 17.0. The van der Waals surface area contributed by atoms with E-state index in [1.54, 1.807) is 11.8 Å². The molecule has 1 unspecified atom stereocenters. The van der Waals surface area contributed by atoms with Crippen molar-refractivity contribution in [1.82, 2.24) is 14.5 Å². The second kappa shape index (κ2) is 11.7. The van der Waals surface area contributed by atoms with Crippen LogP contribution in [-0.4, -0.2) is 82.7 Å². The number of carboxylic acid groups (broad SMARTS) is 1. The molecule has 1 atom stereocenters. The number of morpholine rings is 1. The van der Waals surface area contributed by atoms with Crippen molar-refractivity contribution < 1.29 is 32.6 Å². The van der Waals surface area contributed by atoms with Crippen molar-refractivity contribution in [2.75, 3.05) is 31.6 Å². The van der Waals surface area contributed by atoms with Crippen LogP contribution in [0.5, 0.6) is 0 Å². The van der Waals surface area contributed by atoms with Gasteiger partial charge in [-0.15, -0.1) is 0 Å². The molecule has 2 heterocycles. The first-order valence-electron chi connectivity index (χ1n) is 11.8. The topological polar surface area (TPSA) is 148 Å². The van der Waals surface area contributed by atoms with Crippen LogP contribution >= 0.6 is 0 Å². The Bertz CT molecular complexity index is 1200. The number of carbonyl (C=O) groups excluding carboxylic acids is 2. The Balaban J connectivity index is 1.92. The fourth-order valence-corrected chi connectivity index (χ4v) is 5.22. The summed E-state index contributed by atoms with van der Waals surface area (Å²) in [6.07, 6.45) is 0.179. The molecule has 1 aromatic carbocycles. The number of aliphatic carboxylic acids is 1. The quantitative estimate of drug-likeness (QED) is 0.509. The van der Waals surface area contributed by atoms with Crippen molar-refractivity contribution in [3.05, 3.63) is 47.3 Å². The Kier molecular flexibility index (Phi) is 8.85. The molecule has 0 aliphatic carbocycles. The number of hydrogen-bond acceptors (Lipinski definition) is 7. The number of carboxylic acids is 1. The Morgan fingerprint density at radius 1 is 1.14 bits per heavy atom. The minimum atomic E-state index is -4.01. The molecule has 0 bridgehead atoms. The summed E-state index contributed by atoms with van der Waals surface area (Å²) >= 11 is 0. The summed E-state index contributed by atoms with van der Waals surface area (Å²) in [6.45, 7) is 5.78. The molecule has 36 heavy (non-hydrogen) atoms. The molecule has 0 saturated carbocycles. The lowest BCUT2D eigenvalue weighted by Crippen LogP contribution is -2.43. The van der Waals surface area contributed by atoms with Gasteiger partial charge in [0.2, 0.25) is 11.9 Å². The third-order valence-electron chi connectivity index (χ3n) is 6.12. The van der Waals surface area contributed by atoms with Gasteiger partial charge in [-0.3, -0.25) is 14.9 Å². The van der Waals surface area contributed by atoms with Crippen molar-refractivity contribution >= 4 is 33.7 Å². The molecule has 1 aliphatic rings. The maximum atomic E-state index is 13.3. The van der Waals surface area contributed by atoms with E-state index < -0.39 is 38.8 Å². The predicted octanol–water partition coefficient (Wildman–Crippen LogP) is 1.88. The zero-order valence-electron chi connectivity index (χ0n) is 20.6. The fraction of sp³-hybridized carbons (Fsp3) is 0.500. The maximum Gasteiger partial charge on any atom is 0.331 e. The van der Waals surface area contributed by atoms with Gasteiger partial charge in [0.1, 0.15) is 0 Å². The minimum absolute atomic E-state index is 0.0665. The predicted molar refractivity (Wildman–Crippen MR) is 133 cm³/mol. The molecule has 12 heteroatoms. The summed E-state index contributed by atoms with van der Waals surface area (Å²) in [4.78, 5) is 43.8. The van der Waals surface area contributed by atoms with Crippen LogP contribution in [0.4, 0.5) is 10.7 Å². The van der Waals surface area contributed by atoms with Gasteiger partial charge in [0, 0.05) is 31.6 Å². The van der Waals surface area contributed by atoms with Gasteiger partial charge in [0.15, 0.2) is 15.1 Å². The number of amides is 2. The van der Waals surface area contributed by atoms with Gasteiger partial charge in [-0.2, -0.15) is 0 Å². The lowest BCUT2D eigenvalue weighted by Gasteiger charge is -2.27. The summed E-state index contributed by atoms with van der Waals surface area (Å²) < 4.78 is 31.9. The van der Waals surface area contributed by atoms with Crippen molar-refractivity contribution in [3.63, 3.8) is 0 Å². The van der Waals surface area contributed by atoms with Gasteiger partial charge in [0.05, 0.1) is 24.2 Å². The number of ether oxygens (including phenoxy) is 1. The molecule has 1 aliphatic heterocycles. The first kappa shape index (κ1) is 27.3. The van der Waals surface area contributed by atoms with Crippen LogP contribution in [0, 0.1) is 6.92 Å². The number of carbonyl (C=O) groups is 3. The molecule has 0 spiro atoms. The Morgan fingerprint density at radius 3 is 2.36 bits per heavy atom. The van der Waals surface area contributed by atoms with Crippen LogP contribution in [-0.2, 0) is 37.0 Å². The lowest BCUT2D eigenvalue weighted by atomic mass is 10.1. The zero-order chi connectivity index (χ0) is 26.5. The number of aryl methyl sites for hydroxylation is 1. The highest BCUT2D eigenvalue weighted by Gasteiger charge is 2.37. The molecule has 196 valence electrons. The van der Waals surface area contributed by atoms with Crippen LogP contribution in [0.15, 0.2) is 30.3 Å². The third kappa shape index (κ3) is 6.30. The van der Waals surface area contributed by atoms with Crippen molar-refractivity contribution in [2.24, 2.45) is 0 Å². The van der Waals surface area contributed by atoms with Gasteiger partial charge >= 0.3 is 12.0 Å². The molecule has 3 rings (SSSR count). The van der Waals surface area contributed by atoms with Gasteiger partial charge in [-0.1, -0.05) is 30.3 Å². The van der Waals surface area contributed by atoms with E-state index in [0.29, 0.717) is 32.7 Å². The SMILES string of the molecule is Cc1c(CC(C(=O)O)S(=O)(=O)C(C)C)nc(NC(=O)CCc2ccccc2)n1C(=O)N1CCOCC1. The fourth-order valence-electron chi connectivity index (χ4n) is 3.89. The molecule has 2 amide bonds. The second-order valence-corrected chi connectivity index (χ2v) is 11.6. The highest BCUT2D eigenvalue weighted by Crippen LogP contribution is 2.23. The van der Waals surface area contributed by atoms with E-state index in [-0.39, 0.29) is 29.7 Å². The van der Waals surface area contributed by atoms with Crippen LogP contribution in [0.3, 0.4) is 0 Å². The third-order valence-corrected chi connectivity index (χ3v) is 8.60. The molecule has 11 nitrogen and oxygen atoms in total. The van der Waals surface area contributed by atoms with Crippen LogP contribution < -0.4 is 5.32 Å². The maximum absolute atomic E-state index is 13.3. The zero-order valence-corrected chi connectivity index (χ0v) is 21.5. The standard InChI is InChI=1S/C24H32N4O7S/c1-16(2)36(33,34)20(22(30)31)15-19-17(3)28(24(32)27-11-13-35-14-12-27)23(25-19)26-21(29)10-9-18-7-5-4-6-8-18/h4-8,16,20H,9-15H2,1-3H3,(H,30,31)(H,25,26,29). The van der Waals surface area contributed by atoms with E-state index in [1.807, 2.05) is 30.3 Å². The molecular formula is C24H32N4O7S.